The predicted molar refractivity (Wildman–Crippen MR) is 142 cm³/mol. The van der Waals surface area contributed by atoms with E-state index in [-0.39, 0.29) is 11.7 Å². The van der Waals surface area contributed by atoms with Crippen molar-refractivity contribution in [3.63, 3.8) is 0 Å². The first-order valence-corrected chi connectivity index (χ1v) is 12.9. The molecule has 1 aliphatic rings. The highest BCUT2D eigenvalue weighted by Gasteiger charge is 2.23. The van der Waals surface area contributed by atoms with E-state index in [1.54, 1.807) is 19.5 Å². The van der Waals surface area contributed by atoms with Crippen LogP contribution in [0.15, 0.2) is 78.2 Å². The molecule has 0 bridgehead atoms. The SMILES string of the molecule is COc1ccc(N2CCN(C(=O)CSc3nnc(-c4ccncc4)n3-c3ccc(Cl)cc3)CC2)cc1. The summed E-state index contributed by atoms with van der Waals surface area (Å²) in [5, 5.41) is 10.1. The van der Waals surface area contributed by atoms with E-state index in [0.717, 1.165) is 35.8 Å². The summed E-state index contributed by atoms with van der Waals surface area (Å²) in [6, 6.07) is 19.3. The van der Waals surface area contributed by atoms with Gasteiger partial charge in [0.1, 0.15) is 5.75 Å². The van der Waals surface area contributed by atoms with Crippen LogP contribution in [0.25, 0.3) is 17.1 Å². The molecule has 0 radical (unpaired) electrons. The number of halogens is 1. The van der Waals surface area contributed by atoms with Crippen molar-refractivity contribution >= 4 is 35.0 Å². The lowest BCUT2D eigenvalue weighted by Crippen LogP contribution is -2.49. The molecule has 1 saturated heterocycles. The minimum absolute atomic E-state index is 0.0884. The molecule has 1 aliphatic heterocycles. The molecule has 1 fully saturated rings. The summed E-state index contributed by atoms with van der Waals surface area (Å²) < 4.78 is 7.19. The van der Waals surface area contributed by atoms with Gasteiger partial charge in [-0.1, -0.05) is 23.4 Å². The number of piperazine rings is 1. The van der Waals surface area contributed by atoms with Crippen molar-refractivity contribution in [2.24, 2.45) is 0 Å². The molecular formula is C26H25ClN6O2S. The summed E-state index contributed by atoms with van der Waals surface area (Å²) in [4.78, 5) is 21.4. The molecule has 2 aromatic carbocycles. The Balaban J connectivity index is 1.26. The first kappa shape index (κ1) is 24.1. The van der Waals surface area contributed by atoms with Crippen LogP contribution in [-0.2, 0) is 4.79 Å². The number of methoxy groups -OCH3 is 1. The molecule has 0 N–H and O–H groups in total. The van der Waals surface area contributed by atoms with E-state index in [9.17, 15) is 4.79 Å². The highest BCUT2D eigenvalue weighted by molar-refractivity contribution is 7.99. The van der Waals surface area contributed by atoms with E-state index in [0.29, 0.717) is 29.1 Å². The number of aromatic nitrogens is 4. The molecule has 8 nitrogen and oxygen atoms in total. The van der Waals surface area contributed by atoms with Gasteiger partial charge in [0, 0.05) is 60.5 Å². The third-order valence-corrected chi connectivity index (χ3v) is 7.22. The average Bonchev–Trinajstić information content (AvgIpc) is 3.37. The Morgan fingerprint density at radius 2 is 1.58 bits per heavy atom. The third kappa shape index (κ3) is 5.32. The van der Waals surface area contributed by atoms with E-state index >= 15 is 0 Å². The number of carbonyl (C=O) groups excluding carboxylic acids is 1. The van der Waals surface area contributed by atoms with Gasteiger partial charge in [0.15, 0.2) is 11.0 Å². The smallest absolute Gasteiger partial charge is 0.233 e. The monoisotopic (exact) mass is 520 g/mol. The number of hydrogen-bond acceptors (Lipinski definition) is 7. The fourth-order valence-electron chi connectivity index (χ4n) is 4.10. The number of benzene rings is 2. The van der Waals surface area contributed by atoms with Gasteiger partial charge in [0.05, 0.1) is 12.9 Å². The Kier molecular flexibility index (Phi) is 7.39. The standard InChI is InChI=1S/C26H25ClN6O2S/c1-35-23-8-6-21(7-9-23)31-14-16-32(17-15-31)24(34)18-36-26-30-29-25(19-10-12-28-13-11-19)33(26)22-4-2-20(27)3-5-22/h2-13H,14-18H2,1H3. The van der Waals surface area contributed by atoms with Gasteiger partial charge in [-0.25, -0.2) is 0 Å². The zero-order valence-electron chi connectivity index (χ0n) is 19.7. The number of nitrogens with zero attached hydrogens (tertiary/aromatic N) is 6. The maximum absolute atomic E-state index is 13.1. The Labute approximate surface area is 218 Å². The third-order valence-electron chi connectivity index (χ3n) is 6.05. The van der Waals surface area contributed by atoms with Gasteiger partial charge in [-0.05, 0) is 60.7 Å². The number of anilines is 1. The van der Waals surface area contributed by atoms with Crippen molar-refractivity contribution < 1.29 is 9.53 Å². The second kappa shape index (κ2) is 11.0. The first-order chi connectivity index (χ1) is 17.6. The Morgan fingerprint density at radius 1 is 0.917 bits per heavy atom. The summed E-state index contributed by atoms with van der Waals surface area (Å²) in [6.07, 6.45) is 3.44. The number of pyridine rings is 1. The molecule has 184 valence electrons. The fraction of sp³-hybridized carbons (Fsp3) is 0.231. The molecule has 36 heavy (non-hydrogen) atoms. The Morgan fingerprint density at radius 3 is 2.25 bits per heavy atom. The van der Waals surface area contributed by atoms with Crippen molar-refractivity contribution in [2.75, 3.05) is 43.9 Å². The van der Waals surface area contributed by atoms with Gasteiger partial charge in [-0.3, -0.25) is 14.3 Å². The lowest BCUT2D eigenvalue weighted by atomic mass is 10.2. The Bertz CT molecular complexity index is 1310. The largest absolute Gasteiger partial charge is 0.497 e. The molecule has 0 unspecified atom stereocenters. The molecule has 0 aliphatic carbocycles. The van der Waals surface area contributed by atoms with Crippen LogP contribution in [0, 0.1) is 0 Å². The highest BCUT2D eigenvalue weighted by Crippen LogP contribution is 2.29. The summed E-state index contributed by atoms with van der Waals surface area (Å²) in [5.41, 5.74) is 2.90. The Hall–Kier alpha value is -3.56. The molecule has 10 heteroatoms. The number of rotatable bonds is 7. The quantitative estimate of drug-likeness (QED) is 0.333. The molecule has 2 aromatic heterocycles. The van der Waals surface area contributed by atoms with Crippen LogP contribution >= 0.6 is 23.4 Å². The van der Waals surface area contributed by atoms with E-state index in [1.165, 1.54) is 11.8 Å². The van der Waals surface area contributed by atoms with Crippen LogP contribution in [0.2, 0.25) is 5.02 Å². The zero-order chi connectivity index (χ0) is 24.9. The van der Waals surface area contributed by atoms with E-state index < -0.39 is 0 Å². The van der Waals surface area contributed by atoms with Gasteiger partial charge in [0.2, 0.25) is 5.91 Å². The van der Waals surface area contributed by atoms with Crippen LogP contribution in [0.5, 0.6) is 5.75 Å². The second-order valence-corrected chi connectivity index (χ2v) is 9.59. The number of carbonyl (C=O) groups is 1. The molecule has 5 rings (SSSR count). The van der Waals surface area contributed by atoms with Gasteiger partial charge in [-0.15, -0.1) is 10.2 Å². The minimum atomic E-state index is 0.0884. The van der Waals surface area contributed by atoms with E-state index in [1.807, 2.05) is 58.0 Å². The van der Waals surface area contributed by atoms with E-state index in [4.69, 9.17) is 16.3 Å². The maximum Gasteiger partial charge on any atom is 0.233 e. The summed E-state index contributed by atoms with van der Waals surface area (Å²) in [6.45, 7) is 2.93. The molecular weight excluding hydrogens is 496 g/mol. The van der Waals surface area contributed by atoms with Crippen molar-refractivity contribution in [3.05, 3.63) is 78.1 Å². The van der Waals surface area contributed by atoms with Crippen LogP contribution in [0.1, 0.15) is 0 Å². The molecule has 1 amide bonds. The molecule has 0 saturated carbocycles. The number of ether oxygens (including phenoxy) is 1. The molecule has 3 heterocycles. The molecule has 4 aromatic rings. The topological polar surface area (TPSA) is 76.4 Å². The average molecular weight is 521 g/mol. The van der Waals surface area contributed by atoms with Gasteiger partial charge >= 0.3 is 0 Å². The molecule has 0 spiro atoms. The predicted octanol–water partition coefficient (Wildman–Crippen LogP) is 4.43. The first-order valence-electron chi connectivity index (χ1n) is 11.5. The van der Waals surface area contributed by atoms with Gasteiger partial charge in [-0.2, -0.15) is 0 Å². The number of hydrogen-bond donors (Lipinski definition) is 0. The maximum atomic E-state index is 13.1. The van der Waals surface area contributed by atoms with Crippen molar-refractivity contribution in [2.45, 2.75) is 5.16 Å². The molecule has 0 atom stereocenters. The summed E-state index contributed by atoms with van der Waals surface area (Å²) in [5.74, 6) is 1.89. The normalized spacial score (nSPS) is 13.6. The highest BCUT2D eigenvalue weighted by atomic mass is 35.5. The number of amides is 1. The lowest BCUT2D eigenvalue weighted by molar-refractivity contribution is -0.128. The van der Waals surface area contributed by atoms with Crippen LogP contribution < -0.4 is 9.64 Å². The van der Waals surface area contributed by atoms with Gasteiger partial charge in [0.25, 0.3) is 0 Å². The number of thioether (sulfide) groups is 1. The zero-order valence-corrected chi connectivity index (χ0v) is 21.3. The minimum Gasteiger partial charge on any atom is -0.497 e. The lowest BCUT2D eigenvalue weighted by Gasteiger charge is -2.36. The van der Waals surface area contributed by atoms with Crippen LogP contribution in [0.3, 0.4) is 0 Å². The van der Waals surface area contributed by atoms with Crippen molar-refractivity contribution in [1.29, 1.82) is 0 Å². The second-order valence-electron chi connectivity index (χ2n) is 8.21. The van der Waals surface area contributed by atoms with Crippen LogP contribution in [0.4, 0.5) is 5.69 Å². The van der Waals surface area contributed by atoms with Gasteiger partial charge < -0.3 is 14.5 Å². The fourth-order valence-corrected chi connectivity index (χ4v) is 5.08. The summed E-state index contributed by atoms with van der Waals surface area (Å²) >= 11 is 7.49. The summed E-state index contributed by atoms with van der Waals surface area (Å²) in [7, 11) is 1.66. The van der Waals surface area contributed by atoms with Crippen molar-refractivity contribution in [1.82, 2.24) is 24.6 Å². The van der Waals surface area contributed by atoms with Crippen molar-refractivity contribution in [3.8, 4) is 22.8 Å². The van der Waals surface area contributed by atoms with E-state index in [2.05, 4.69) is 32.2 Å². The van der Waals surface area contributed by atoms with Crippen LogP contribution in [-0.4, -0.2) is 69.6 Å².